The molecule has 0 unspecified atom stereocenters. The van der Waals surface area contributed by atoms with Gasteiger partial charge in [0.15, 0.2) is 5.75 Å². The fourth-order valence-electron chi connectivity index (χ4n) is 2.36. The van der Waals surface area contributed by atoms with Gasteiger partial charge in [0.25, 0.3) is 0 Å². The highest BCUT2D eigenvalue weighted by atomic mass is 35.5. The van der Waals surface area contributed by atoms with Crippen LogP contribution in [0.3, 0.4) is 0 Å². The van der Waals surface area contributed by atoms with Gasteiger partial charge in [0, 0.05) is 17.9 Å². The van der Waals surface area contributed by atoms with E-state index in [1.165, 1.54) is 0 Å². The molecule has 2 N–H and O–H groups in total. The Morgan fingerprint density at radius 2 is 1.79 bits per heavy atom. The summed E-state index contributed by atoms with van der Waals surface area (Å²) in [5, 5.41) is 12.5. The number of amides is 1. The fraction of sp³-hybridized carbons (Fsp3) is 0.300. The number of rotatable bonds is 8. The van der Waals surface area contributed by atoms with Crippen molar-refractivity contribution in [3.05, 3.63) is 56.5 Å². The molecule has 0 heterocycles. The van der Waals surface area contributed by atoms with Gasteiger partial charge in [-0.1, -0.05) is 60.8 Å². The standard InChI is InChI=1S/C20H20Cl3NO4/c1-11(2)20(27)24-16-5-3-4-13(18(16)23)10-28-19-14(21)8-12(9-15(19)22)6-7-17(25)26/h3-5,8-9,11H,6-7,10H2,1-2H3,(H,24,27)(H,25,26). The van der Waals surface area contributed by atoms with Crippen LogP contribution in [-0.4, -0.2) is 17.0 Å². The Morgan fingerprint density at radius 1 is 1.14 bits per heavy atom. The molecule has 0 aliphatic heterocycles. The molecule has 0 spiro atoms. The minimum absolute atomic E-state index is 0.0165. The van der Waals surface area contributed by atoms with Crippen molar-refractivity contribution in [2.24, 2.45) is 5.92 Å². The second-order valence-corrected chi connectivity index (χ2v) is 7.69. The molecule has 1 amide bonds. The number of carbonyl (C=O) groups excluding carboxylic acids is 1. The topological polar surface area (TPSA) is 75.6 Å². The van der Waals surface area contributed by atoms with E-state index in [1.807, 2.05) is 0 Å². The Bertz CT molecular complexity index is 861. The summed E-state index contributed by atoms with van der Waals surface area (Å²) in [5.74, 6) is -0.919. The quantitative estimate of drug-likeness (QED) is 0.536. The van der Waals surface area contributed by atoms with Gasteiger partial charge in [-0.25, -0.2) is 0 Å². The summed E-state index contributed by atoms with van der Waals surface area (Å²) < 4.78 is 5.75. The summed E-state index contributed by atoms with van der Waals surface area (Å²) in [4.78, 5) is 22.6. The highest BCUT2D eigenvalue weighted by molar-refractivity contribution is 6.37. The maximum Gasteiger partial charge on any atom is 0.303 e. The van der Waals surface area contributed by atoms with Crippen LogP contribution in [0.1, 0.15) is 31.4 Å². The average molecular weight is 445 g/mol. The largest absolute Gasteiger partial charge is 0.486 e. The lowest BCUT2D eigenvalue weighted by Gasteiger charge is -2.15. The number of carboxylic acid groups (broad SMARTS) is 1. The number of carboxylic acids is 1. The van der Waals surface area contributed by atoms with E-state index < -0.39 is 5.97 Å². The highest BCUT2D eigenvalue weighted by Gasteiger charge is 2.15. The van der Waals surface area contributed by atoms with E-state index in [-0.39, 0.29) is 40.6 Å². The number of nitrogens with one attached hydrogen (secondary N) is 1. The first-order valence-electron chi connectivity index (χ1n) is 8.59. The van der Waals surface area contributed by atoms with Gasteiger partial charge in [-0.05, 0) is 30.2 Å². The van der Waals surface area contributed by atoms with Gasteiger partial charge in [0.05, 0.1) is 20.8 Å². The van der Waals surface area contributed by atoms with E-state index in [0.717, 1.165) is 0 Å². The third kappa shape index (κ3) is 6.03. The van der Waals surface area contributed by atoms with Crippen molar-refractivity contribution in [3.63, 3.8) is 0 Å². The first-order valence-corrected chi connectivity index (χ1v) is 9.73. The summed E-state index contributed by atoms with van der Waals surface area (Å²) in [6.07, 6.45) is 0.301. The van der Waals surface area contributed by atoms with Gasteiger partial charge >= 0.3 is 5.97 Å². The number of anilines is 1. The van der Waals surface area contributed by atoms with Crippen molar-refractivity contribution in [3.8, 4) is 5.75 Å². The number of ether oxygens (including phenoxy) is 1. The van der Waals surface area contributed by atoms with Crippen molar-refractivity contribution >= 4 is 52.4 Å². The molecule has 5 nitrogen and oxygen atoms in total. The van der Waals surface area contributed by atoms with E-state index in [1.54, 1.807) is 44.2 Å². The number of benzene rings is 2. The summed E-state index contributed by atoms with van der Waals surface area (Å²) in [7, 11) is 0. The first-order chi connectivity index (χ1) is 13.2. The molecule has 0 atom stereocenters. The molecule has 28 heavy (non-hydrogen) atoms. The Morgan fingerprint density at radius 3 is 2.36 bits per heavy atom. The fourth-order valence-corrected chi connectivity index (χ4v) is 3.23. The first kappa shape index (κ1) is 22.3. The molecule has 0 saturated carbocycles. The van der Waals surface area contributed by atoms with Gasteiger partial charge < -0.3 is 15.2 Å². The molecule has 0 radical (unpaired) electrons. The van der Waals surface area contributed by atoms with Crippen LogP contribution in [0.2, 0.25) is 15.1 Å². The molecule has 0 bridgehead atoms. The minimum atomic E-state index is -0.897. The van der Waals surface area contributed by atoms with Crippen molar-refractivity contribution in [1.82, 2.24) is 0 Å². The SMILES string of the molecule is CC(C)C(=O)Nc1cccc(COc2c(Cl)cc(CCC(=O)O)cc2Cl)c1Cl. The Balaban J connectivity index is 2.14. The molecule has 2 rings (SSSR count). The Kier molecular flexibility index (Phi) is 7.98. The Labute approximate surface area is 178 Å². The molecule has 2 aromatic carbocycles. The van der Waals surface area contributed by atoms with E-state index in [0.29, 0.717) is 28.3 Å². The number of halogens is 3. The van der Waals surface area contributed by atoms with E-state index >= 15 is 0 Å². The molecule has 0 fully saturated rings. The predicted octanol–water partition coefficient (Wildman–Crippen LogP) is 5.84. The highest BCUT2D eigenvalue weighted by Crippen LogP contribution is 2.36. The van der Waals surface area contributed by atoms with E-state index in [4.69, 9.17) is 44.6 Å². The van der Waals surface area contributed by atoms with Crippen molar-refractivity contribution in [1.29, 1.82) is 0 Å². The van der Waals surface area contributed by atoms with E-state index in [9.17, 15) is 9.59 Å². The zero-order valence-corrected chi connectivity index (χ0v) is 17.7. The number of hydrogen-bond acceptors (Lipinski definition) is 3. The summed E-state index contributed by atoms with van der Waals surface area (Å²) in [6.45, 7) is 3.68. The molecule has 8 heteroatoms. The van der Waals surface area contributed by atoms with Crippen LogP contribution in [-0.2, 0) is 22.6 Å². The molecule has 0 aliphatic rings. The lowest BCUT2D eigenvalue weighted by Crippen LogP contribution is -2.18. The van der Waals surface area contributed by atoms with Crippen molar-refractivity contribution in [2.45, 2.75) is 33.3 Å². The summed E-state index contributed by atoms with van der Waals surface area (Å²) in [6, 6.07) is 8.51. The summed E-state index contributed by atoms with van der Waals surface area (Å²) >= 11 is 18.9. The predicted molar refractivity (Wildman–Crippen MR) is 112 cm³/mol. The third-order valence-corrected chi connectivity index (χ3v) is 4.93. The number of aryl methyl sites for hydroxylation is 1. The lowest BCUT2D eigenvalue weighted by atomic mass is 10.1. The van der Waals surface area contributed by atoms with Crippen molar-refractivity contribution in [2.75, 3.05) is 5.32 Å². The number of carbonyl (C=O) groups is 2. The Hall–Kier alpha value is -1.95. The van der Waals surface area contributed by atoms with Gasteiger partial charge in [-0.2, -0.15) is 0 Å². The van der Waals surface area contributed by atoms with Crippen molar-refractivity contribution < 1.29 is 19.4 Å². The van der Waals surface area contributed by atoms with Crippen LogP contribution in [0.15, 0.2) is 30.3 Å². The molecule has 2 aromatic rings. The van der Waals surface area contributed by atoms with Crippen LogP contribution in [0.5, 0.6) is 5.75 Å². The van der Waals surface area contributed by atoms with Gasteiger partial charge in [-0.3, -0.25) is 9.59 Å². The van der Waals surface area contributed by atoms with Crippen LogP contribution in [0.4, 0.5) is 5.69 Å². The van der Waals surface area contributed by atoms with Crippen LogP contribution in [0.25, 0.3) is 0 Å². The number of hydrogen-bond donors (Lipinski definition) is 2. The van der Waals surface area contributed by atoms with Crippen LogP contribution >= 0.6 is 34.8 Å². The molecular formula is C20H20Cl3NO4. The molecule has 0 aromatic heterocycles. The minimum Gasteiger partial charge on any atom is -0.486 e. The second-order valence-electron chi connectivity index (χ2n) is 6.49. The third-order valence-electron chi connectivity index (χ3n) is 3.92. The van der Waals surface area contributed by atoms with Gasteiger partial charge in [-0.15, -0.1) is 0 Å². The molecular weight excluding hydrogens is 425 g/mol. The maximum absolute atomic E-state index is 11.9. The second kappa shape index (κ2) is 10.0. The normalized spacial score (nSPS) is 10.8. The summed E-state index contributed by atoms with van der Waals surface area (Å²) in [5.41, 5.74) is 1.87. The molecule has 150 valence electrons. The number of aliphatic carboxylic acids is 1. The zero-order chi connectivity index (χ0) is 20.8. The van der Waals surface area contributed by atoms with Crippen LogP contribution < -0.4 is 10.1 Å². The average Bonchev–Trinajstić information content (AvgIpc) is 2.61. The van der Waals surface area contributed by atoms with Gasteiger partial charge in [0.2, 0.25) is 5.91 Å². The monoisotopic (exact) mass is 443 g/mol. The molecule has 0 saturated heterocycles. The molecule has 0 aliphatic carbocycles. The maximum atomic E-state index is 11.9. The van der Waals surface area contributed by atoms with E-state index in [2.05, 4.69) is 5.32 Å². The smallest absolute Gasteiger partial charge is 0.303 e. The van der Waals surface area contributed by atoms with Crippen LogP contribution in [0, 0.1) is 5.92 Å². The van der Waals surface area contributed by atoms with Gasteiger partial charge in [0.1, 0.15) is 6.61 Å². The zero-order valence-electron chi connectivity index (χ0n) is 15.4. The lowest BCUT2D eigenvalue weighted by molar-refractivity contribution is -0.137.